The van der Waals surface area contributed by atoms with Crippen molar-refractivity contribution in [3.05, 3.63) is 29.6 Å². The first-order valence-corrected chi connectivity index (χ1v) is 10.7. The van der Waals surface area contributed by atoms with Crippen LogP contribution in [0.25, 0.3) is 11.4 Å². The largest absolute Gasteiger partial charge is 0.376 e. The Labute approximate surface area is 173 Å². The third-order valence-electron chi connectivity index (χ3n) is 5.63. The third kappa shape index (κ3) is 5.04. The highest BCUT2D eigenvalue weighted by atomic mass is 16.5. The molecule has 154 valence electrons. The number of pyridine rings is 1. The molecule has 0 amide bonds. The zero-order chi connectivity index (χ0) is 20.3. The summed E-state index contributed by atoms with van der Waals surface area (Å²) in [6.07, 6.45) is 8.44. The molecule has 4 rings (SSSR count). The van der Waals surface area contributed by atoms with Crippen molar-refractivity contribution in [1.29, 1.82) is 0 Å². The lowest BCUT2D eigenvalue weighted by Gasteiger charge is -2.44. The molecule has 4 heterocycles. The first-order valence-electron chi connectivity index (χ1n) is 10.7. The second kappa shape index (κ2) is 8.64. The quantitative estimate of drug-likeness (QED) is 0.731. The van der Waals surface area contributed by atoms with Crippen molar-refractivity contribution < 1.29 is 4.74 Å². The number of nitrogens with zero attached hydrogens (tertiary/aromatic N) is 5. The number of likely N-dealkylation sites (tertiary alicyclic amines) is 1. The van der Waals surface area contributed by atoms with Crippen LogP contribution in [-0.4, -0.2) is 57.2 Å². The molecule has 0 spiro atoms. The normalized spacial score (nSPS) is 21.3. The molecule has 2 aromatic heterocycles. The molecule has 0 aliphatic carbocycles. The van der Waals surface area contributed by atoms with E-state index in [2.05, 4.69) is 58.9 Å². The molecule has 0 bridgehead atoms. The Morgan fingerprint density at radius 1 is 1.28 bits per heavy atom. The number of aromatic nitrogens is 4. The maximum atomic E-state index is 5.81. The van der Waals surface area contributed by atoms with Gasteiger partial charge in [0.25, 0.3) is 0 Å². The fourth-order valence-corrected chi connectivity index (χ4v) is 4.26. The number of hydrogen-bond donors (Lipinski definition) is 0. The number of aryl methyl sites for hydroxylation is 1. The van der Waals surface area contributed by atoms with E-state index >= 15 is 0 Å². The van der Waals surface area contributed by atoms with Crippen LogP contribution in [0, 0.1) is 17.3 Å². The number of rotatable bonds is 5. The van der Waals surface area contributed by atoms with Gasteiger partial charge in [0.2, 0.25) is 0 Å². The van der Waals surface area contributed by atoms with Crippen LogP contribution in [0.5, 0.6) is 0 Å². The fraction of sp³-hybridized carbons (Fsp3) is 0.609. The second-order valence-electron chi connectivity index (χ2n) is 9.01. The van der Waals surface area contributed by atoms with Crippen molar-refractivity contribution >= 4 is 0 Å². The summed E-state index contributed by atoms with van der Waals surface area (Å²) in [6, 6.07) is 2.14. The Morgan fingerprint density at radius 2 is 2.14 bits per heavy atom. The highest BCUT2D eigenvalue weighted by Crippen LogP contribution is 2.27. The van der Waals surface area contributed by atoms with Gasteiger partial charge < -0.3 is 4.74 Å². The van der Waals surface area contributed by atoms with Crippen LogP contribution in [0.1, 0.15) is 51.2 Å². The molecule has 0 N–H and O–H groups in total. The molecule has 0 aromatic carbocycles. The van der Waals surface area contributed by atoms with Crippen LogP contribution in [0.2, 0.25) is 0 Å². The summed E-state index contributed by atoms with van der Waals surface area (Å²) in [5.74, 6) is 6.56. The summed E-state index contributed by atoms with van der Waals surface area (Å²) in [4.78, 5) is 7.05. The van der Waals surface area contributed by atoms with Crippen LogP contribution in [0.15, 0.2) is 18.5 Å². The number of hydrogen-bond acceptors (Lipinski definition) is 5. The number of ether oxygens (including phenoxy) is 1. The maximum Gasteiger partial charge on any atom is 0.131 e. The molecule has 2 fully saturated rings. The summed E-state index contributed by atoms with van der Waals surface area (Å²) < 4.78 is 7.70. The van der Waals surface area contributed by atoms with Crippen LogP contribution in [-0.2, 0) is 17.7 Å². The smallest absolute Gasteiger partial charge is 0.131 e. The molecule has 1 atom stereocenters. The van der Waals surface area contributed by atoms with Gasteiger partial charge in [-0.15, -0.1) is 5.10 Å². The lowest BCUT2D eigenvalue weighted by molar-refractivity contribution is 0.00370. The zero-order valence-corrected chi connectivity index (χ0v) is 17.8. The second-order valence-corrected chi connectivity index (χ2v) is 9.01. The van der Waals surface area contributed by atoms with Crippen LogP contribution in [0.4, 0.5) is 0 Å². The summed E-state index contributed by atoms with van der Waals surface area (Å²) in [5, 5.41) is 8.65. The van der Waals surface area contributed by atoms with Crippen LogP contribution in [0.3, 0.4) is 0 Å². The van der Waals surface area contributed by atoms with E-state index in [1.165, 1.54) is 6.42 Å². The fourth-order valence-electron chi connectivity index (χ4n) is 4.26. The van der Waals surface area contributed by atoms with Gasteiger partial charge in [0.05, 0.1) is 31.1 Å². The van der Waals surface area contributed by atoms with Gasteiger partial charge in [-0.25, -0.2) is 4.68 Å². The van der Waals surface area contributed by atoms with Crippen molar-refractivity contribution in [2.45, 2.75) is 59.1 Å². The lowest BCUT2D eigenvalue weighted by Crippen LogP contribution is -2.52. The molecule has 2 aliphatic rings. The molecule has 0 radical (unpaired) electrons. The van der Waals surface area contributed by atoms with Gasteiger partial charge in [-0.05, 0) is 42.7 Å². The molecule has 0 saturated carbocycles. The molecular formula is C23H31N5O. The van der Waals surface area contributed by atoms with E-state index in [-0.39, 0.29) is 6.10 Å². The SMILES string of the molecule is CCc1cc(C#CCN2CC(C)(C)C2)cnc1-c1cn(C[C@H]2CCCCO2)nn1. The van der Waals surface area contributed by atoms with E-state index in [9.17, 15) is 0 Å². The Morgan fingerprint density at radius 3 is 2.86 bits per heavy atom. The van der Waals surface area contributed by atoms with Gasteiger partial charge in [0, 0.05) is 31.5 Å². The summed E-state index contributed by atoms with van der Waals surface area (Å²) >= 11 is 0. The maximum absolute atomic E-state index is 5.81. The monoisotopic (exact) mass is 393 g/mol. The predicted octanol–water partition coefficient (Wildman–Crippen LogP) is 3.16. The van der Waals surface area contributed by atoms with Crippen molar-refractivity contribution in [1.82, 2.24) is 24.9 Å². The summed E-state index contributed by atoms with van der Waals surface area (Å²) in [6.45, 7) is 11.4. The van der Waals surface area contributed by atoms with E-state index in [4.69, 9.17) is 4.74 Å². The van der Waals surface area contributed by atoms with Gasteiger partial charge in [0.15, 0.2) is 0 Å². The van der Waals surface area contributed by atoms with E-state index in [1.807, 2.05) is 17.1 Å². The molecule has 0 unspecified atom stereocenters. The standard InChI is InChI=1S/C23H31N5O/c1-4-19-12-18(8-7-10-27-16-23(2,3)17-27)13-24-22(19)21-15-28(26-25-21)14-20-9-5-6-11-29-20/h12-13,15,20H,4-6,9-11,14,16-17H2,1-3H3/t20-/m1/s1. The Kier molecular flexibility index (Phi) is 5.98. The van der Waals surface area contributed by atoms with E-state index in [1.54, 1.807) is 0 Å². The Hall–Kier alpha value is -2.23. The minimum atomic E-state index is 0.242. The topological polar surface area (TPSA) is 56.1 Å². The first kappa shape index (κ1) is 20.1. The van der Waals surface area contributed by atoms with Crippen molar-refractivity contribution in [2.24, 2.45) is 5.41 Å². The van der Waals surface area contributed by atoms with Crippen molar-refractivity contribution in [3.63, 3.8) is 0 Å². The van der Waals surface area contributed by atoms with Gasteiger partial charge in [-0.3, -0.25) is 9.88 Å². The highest BCUT2D eigenvalue weighted by molar-refractivity contribution is 5.59. The summed E-state index contributed by atoms with van der Waals surface area (Å²) in [5.41, 5.74) is 4.29. The predicted molar refractivity (Wildman–Crippen MR) is 113 cm³/mol. The minimum Gasteiger partial charge on any atom is -0.376 e. The van der Waals surface area contributed by atoms with E-state index < -0.39 is 0 Å². The molecule has 6 nitrogen and oxygen atoms in total. The van der Waals surface area contributed by atoms with Gasteiger partial charge in [-0.2, -0.15) is 0 Å². The molecule has 2 aromatic rings. The molecule has 29 heavy (non-hydrogen) atoms. The molecular weight excluding hydrogens is 362 g/mol. The Bertz CT molecular complexity index is 893. The first-order chi connectivity index (χ1) is 14.0. The molecule has 2 aliphatic heterocycles. The van der Waals surface area contributed by atoms with Crippen LogP contribution >= 0.6 is 0 Å². The zero-order valence-electron chi connectivity index (χ0n) is 17.8. The van der Waals surface area contributed by atoms with Crippen molar-refractivity contribution in [2.75, 3.05) is 26.2 Å². The van der Waals surface area contributed by atoms with Gasteiger partial charge in [-0.1, -0.05) is 37.8 Å². The van der Waals surface area contributed by atoms with Crippen molar-refractivity contribution in [3.8, 4) is 23.2 Å². The minimum absolute atomic E-state index is 0.242. The van der Waals surface area contributed by atoms with Gasteiger partial charge in [0.1, 0.15) is 5.69 Å². The average molecular weight is 394 g/mol. The highest BCUT2D eigenvalue weighted by Gasteiger charge is 2.33. The van der Waals surface area contributed by atoms with E-state index in [0.29, 0.717) is 5.41 Å². The average Bonchev–Trinajstić information content (AvgIpc) is 3.15. The molecule has 2 saturated heterocycles. The van der Waals surface area contributed by atoms with E-state index in [0.717, 1.165) is 74.6 Å². The van der Waals surface area contributed by atoms with Crippen LogP contribution < -0.4 is 0 Å². The third-order valence-corrected chi connectivity index (χ3v) is 5.63. The Balaban J connectivity index is 1.42. The lowest BCUT2D eigenvalue weighted by atomic mass is 9.84. The molecule has 6 heteroatoms. The van der Waals surface area contributed by atoms with Gasteiger partial charge >= 0.3 is 0 Å². The summed E-state index contributed by atoms with van der Waals surface area (Å²) in [7, 11) is 0.